The number of hydrogen-bond donors (Lipinski definition) is 1. The van der Waals surface area contributed by atoms with Crippen molar-refractivity contribution in [2.24, 2.45) is 0 Å². The van der Waals surface area contributed by atoms with Crippen molar-refractivity contribution < 1.29 is 5.11 Å². The predicted octanol–water partition coefficient (Wildman–Crippen LogP) is 4.22. The molecule has 0 fully saturated rings. The number of rotatable bonds is 4. The first-order valence-electron chi connectivity index (χ1n) is 6.48. The Labute approximate surface area is 119 Å². The molecule has 0 radical (unpaired) electrons. The second kappa shape index (κ2) is 5.77. The molecule has 1 nitrogen and oxygen atoms in total. The van der Waals surface area contributed by atoms with Crippen LogP contribution in [0.3, 0.4) is 0 Å². The van der Waals surface area contributed by atoms with Gasteiger partial charge in [-0.3, -0.25) is 0 Å². The van der Waals surface area contributed by atoms with Crippen LogP contribution in [0, 0.1) is 0 Å². The van der Waals surface area contributed by atoms with Crippen LogP contribution < -0.4 is 0 Å². The van der Waals surface area contributed by atoms with Crippen molar-refractivity contribution in [3.8, 4) is 0 Å². The summed E-state index contributed by atoms with van der Waals surface area (Å²) >= 11 is 5.98. The largest absolute Gasteiger partial charge is 0.392 e. The minimum absolute atomic E-state index is 0.288. The van der Waals surface area contributed by atoms with Gasteiger partial charge in [-0.1, -0.05) is 67.9 Å². The van der Waals surface area contributed by atoms with E-state index in [1.165, 1.54) is 0 Å². The highest BCUT2D eigenvalue weighted by Crippen LogP contribution is 2.29. The third-order valence-electron chi connectivity index (χ3n) is 3.67. The monoisotopic (exact) mass is 274 g/mol. The molecule has 1 atom stereocenters. The molecule has 1 N–H and O–H groups in total. The Morgan fingerprint density at radius 2 is 1.74 bits per heavy atom. The molecule has 0 aliphatic rings. The first-order chi connectivity index (χ1) is 9.00. The highest BCUT2D eigenvalue weighted by Gasteiger charge is 2.29. The Balaban J connectivity index is 2.17. The van der Waals surface area contributed by atoms with Crippen molar-refractivity contribution in [3.63, 3.8) is 0 Å². The normalized spacial score (nSPS) is 13.3. The molecule has 0 heterocycles. The second-order valence-electron chi connectivity index (χ2n) is 5.44. The molecule has 0 bridgehead atoms. The summed E-state index contributed by atoms with van der Waals surface area (Å²) in [6.45, 7) is 4.13. The van der Waals surface area contributed by atoms with Crippen LogP contribution in [0.1, 0.15) is 25.0 Å². The van der Waals surface area contributed by atoms with Crippen LogP contribution in [0.2, 0.25) is 5.02 Å². The smallest absolute Gasteiger partial charge is 0.0671 e. The van der Waals surface area contributed by atoms with Gasteiger partial charge >= 0.3 is 0 Å². The van der Waals surface area contributed by atoms with E-state index in [0.29, 0.717) is 11.4 Å². The number of benzene rings is 2. The van der Waals surface area contributed by atoms with Crippen LogP contribution in [0.4, 0.5) is 0 Å². The molecule has 0 saturated carbocycles. The number of hydrogen-bond acceptors (Lipinski definition) is 1. The average Bonchev–Trinajstić information content (AvgIpc) is 2.39. The number of aliphatic hydroxyl groups excluding tert-OH is 1. The molecular formula is C17H19ClO. The van der Waals surface area contributed by atoms with Gasteiger partial charge in [0.2, 0.25) is 0 Å². The Kier molecular flexibility index (Phi) is 4.28. The van der Waals surface area contributed by atoms with Crippen LogP contribution in [0.15, 0.2) is 54.6 Å². The summed E-state index contributed by atoms with van der Waals surface area (Å²) in [5, 5.41) is 11.2. The van der Waals surface area contributed by atoms with Gasteiger partial charge in [-0.2, -0.15) is 0 Å². The third kappa shape index (κ3) is 3.37. The molecule has 2 aromatic rings. The molecule has 0 aromatic heterocycles. The Bertz CT molecular complexity index is 534. The zero-order valence-electron chi connectivity index (χ0n) is 11.3. The SMILES string of the molecule is CC(C)(c1ccccc1)C(O)Cc1cccc(Cl)c1. The van der Waals surface area contributed by atoms with Gasteiger partial charge in [0.05, 0.1) is 6.10 Å². The van der Waals surface area contributed by atoms with Crippen LogP contribution in [-0.4, -0.2) is 11.2 Å². The first-order valence-corrected chi connectivity index (χ1v) is 6.86. The summed E-state index contributed by atoms with van der Waals surface area (Å²) in [6, 6.07) is 17.8. The van der Waals surface area contributed by atoms with Gasteiger partial charge in [-0.15, -0.1) is 0 Å². The highest BCUT2D eigenvalue weighted by atomic mass is 35.5. The van der Waals surface area contributed by atoms with Crippen LogP contribution >= 0.6 is 11.6 Å². The molecule has 0 aliphatic carbocycles. The van der Waals surface area contributed by atoms with Crippen molar-refractivity contribution in [1.82, 2.24) is 0 Å². The third-order valence-corrected chi connectivity index (χ3v) is 3.90. The van der Waals surface area contributed by atoms with Crippen molar-refractivity contribution in [1.29, 1.82) is 0 Å². The highest BCUT2D eigenvalue weighted by molar-refractivity contribution is 6.30. The first kappa shape index (κ1) is 14.1. The van der Waals surface area contributed by atoms with Crippen molar-refractivity contribution >= 4 is 11.6 Å². The summed E-state index contributed by atoms with van der Waals surface area (Å²) in [6.07, 6.45) is 0.149. The maximum atomic E-state index is 10.5. The predicted molar refractivity (Wildman–Crippen MR) is 80.6 cm³/mol. The van der Waals surface area contributed by atoms with E-state index in [-0.39, 0.29) is 5.41 Å². The Morgan fingerprint density at radius 3 is 2.37 bits per heavy atom. The molecule has 2 aromatic carbocycles. The van der Waals surface area contributed by atoms with Gasteiger partial charge in [-0.05, 0) is 29.7 Å². The lowest BCUT2D eigenvalue weighted by molar-refractivity contribution is 0.1000. The van der Waals surface area contributed by atoms with E-state index in [9.17, 15) is 5.11 Å². The quantitative estimate of drug-likeness (QED) is 0.885. The molecule has 19 heavy (non-hydrogen) atoms. The van der Waals surface area contributed by atoms with Crippen LogP contribution in [0.25, 0.3) is 0 Å². The summed E-state index contributed by atoms with van der Waals surface area (Å²) in [5.41, 5.74) is 1.91. The molecule has 0 saturated heterocycles. The van der Waals surface area contributed by atoms with Gasteiger partial charge in [0.25, 0.3) is 0 Å². The summed E-state index contributed by atoms with van der Waals surface area (Å²) in [4.78, 5) is 0. The molecule has 2 heteroatoms. The van der Waals surface area contributed by atoms with E-state index in [2.05, 4.69) is 26.0 Å². The fourth-order valence-corrected chi connectivity index (χ4v) is 2.42. The molecular weight excluding hydrogens is 256 g/mol. The van der Waals surface area contributed by atoms with E-state index in [1.54, 1.807) is 0 Å². The second-order valence-corrected chi connectivity index (χ2v) is 5.87. The molecule has 2 rings (SSSR count). The topological polar surface area (TPSA) is 20.2 Å². The van der Waals surface area contributed by atoms with Crippen molar-refractivity contribution in [2.45, 2.75) is 31.8 Å². The van der Waals surface area contributed by atoms with Crippen molar-refractivity contribution in [3.05, 3.63) is 70.7 Å². The summed E-state index contributed by atoms with van der Waals surface area (Å²) in [7, 11) is 0. The Morgan fingerprint density at radius 1 is 1.05 bits per heavy atom. The van der Waals surface area contributed by atoms with E-state index in [1.807, 2.05) is 42.5 Å². The van der Waals surface area contributed by atoms with Crippen LogP contribution in [0.5, 0.6) is 0 Å². The summed E-state index contributed by atoms with van der Waals surface area (Å²) in [5.74, 6) is 0. The molecule has 100 valence electrons. The standard InChI is InChI=1S/C17H19ClO/c1-17(2,14-8-4-3-5-9-14)16(19)12-13-7-6-10-15(18)11-13/h3-11,16,19H,12H2,1-2H3. The lowest BCUT2D eigenvalue weighted by atomic mass is 9.77. The zero-order valence-corrected chi connectivity index (χ0v) is 12.1. The molecule has 0 spiro atoms. The van der Waals surface area contributed by atoms with Crippen molar-refractivity contribution in [2.75, 3.05) is 0 Å². The fraction of sp³-hybridized carbons (Fsp3) is 0.294. The van der Waals surface area contributed by atoms with Gasteiger partial charge < -0.3 is 5.11 Å². The molecule has 0 aliphatic heterocycles. The lowest BCUT2D eigenvalue weighted by Gasteiger charge is -2.31. The van der Waals surface area contributed by atoms with Gasteiger partial charge in [0.1, 0.15) is 0 Å². The maximum Gasteiger partial charge on any atom is 0.0671 e. The average molecular weight is 275 g/mol. The van der Waals surface area contributed by atoms with E-state index in [4.69, 9.17) is 11.6 Å². The van der Waals surface area contributed by atoms with E-state index >= 15 is 0 Å². The maximum absolute atomic E-state index is 10.5. The molecule has 1 unspecified atom stereocenters. The molecule has 0 amide bonds. The van der Waals surface area contributed by atoms with Gasteiger partial charge in [-0.25, -0.2) is 0 Å². The van der Waals surface area contributed by atoms with Gasteiger partial charge in [0.15, 0.2) is 0 Å². The number of halogens is 1. The zero-order chi connectivity index (χ0) is 13.9. The fourth-order valence-electron chi connectivity index (χ4n) is 2.20. The summed E-state index contributed by atoms with van der Waals surface area (Å²) < 4.78 is 0. The van der Waals surface area contributed by atoms with Crippen LogP contribution in [-0.2, 0) is 11.8 Å². The minimum Gasteiger partial charge on any atom is -0.392 e. The van der Waals surface area contributed by atoms with Gasteiger partial charge in [0, 0.05) is 10.4 Å². The van der Waals surface area contributed by atoms with E-state index in [0.717, 1.165) is 11.1 Å². The number of aliphatic hydroxyl groups is 1. The Hall–Kier alpha value is -1.31. The lowest BCUT2D eigenvalue weighted by Crippen LogP contribution is -2.35. The van der Waals surface area contributed by atoms with E-state index < -0.39 is 6.10 Å². The minimum atomic E-state index is -0.451.